The molecule has 0 amide bonds. The molecule has 4 heterocycles. The highest BCUT2D eigenvalue weighted by Gasteiger charge is 2.23. The molecule has 0 atom stereocenters. The van der Waals surface area contributed by atoms with Crippen LogP contribution in [0.25, 0.3) is 15.9 Å². The maximum Gasteiger partial charge on any atom is 0.167 e. The van der Waals surface area contributed by atoms with Gasteiger partial charge in [0.15, 0.2) is 11.5 Å². The van der Waals surface area contributed by atoms with Gasteiger partial charge in [0.2, 0.25) is 0 Å². The van der Waals surface area contributed by atoms with E-state index >= 15 is 0 Å². The summed E-state index contributed by atoms with van der Waals surface area (Å²) in [6.07, 6.45) is 4.76. The van der Waals surface area contributed by atoms with Crippen LogP contribution in [0.3, 0.4) is 0 Å². The highest BCUT2D eigenvalue weighted by molar-refractivity contribution is 7.19. The fourth-order valence-corrected chi connectivity index (χ4v) is 5.22. The molecular weight excluding hydrogens is 370 g/mol. The molecule has 1 aliphatic rings. The first-order valence-corrected chi connectivity index (χ1v) is 10.6. The molecule has 0 saturated carbocycles. The van der Waals surface area contributed by atoms with Gasteiger partial charge < -0.3 is 4.74 Å². The minimum atomic E-state index is 0.698. The van der Waals surface area contributed by atoms with Crippen molar-refractivity contribution in [3.8, 4) is 5.75 Å². The first-order chi connectivity index (χ1) is 13.7. The lowest BCUT2D eigenvalue weighted by Crippen LogP contribution is -2.30. The third-order valence-electron chi connectivity index (χ3n) is 5.36. The van der Waals surface area contributed by atoms with Crippen molar-refractivity contribution in [2.75, 3.05) is 20.2 Å². The number of hydrogen-bond donors (Lipinski definition) is 0. The van der Waals surface area contributed by atoms with Crippen LogP contribution in [0.4, 0.5) is 0 Å². The fourth-order valence-electron chi connectivity index (χ4n) is 4.00. The molecule has 6 nitrogen and oxygen atoms in total. The molecule has 3 aromatic heterocycles. The summed E-state index contributed by atoms with van der Waals surface area (Å²) in [6, 6.07) is 8.07. The van der Waals surface area contributed by atoms with Gasteiger partial charge in [0, 0.05) is 24.4 Å². The summed E-state index contributed by atoms with van der Waals surface area (Å²) in [5.41, 5.74) is 3.53. The van der Waals surface area contributed by atoms with Gasteiger partial charge in [-0.2, -0.15) is 0 Å². The quantitative estimate of drug-likeness (QED) is 0.517. The minimum Gasteiger partial charge on any atom is -0.497 e. The molecule has 1 aromatic carbocycles. The number of benzene rings is 1. The average molecular weight is 394 g/mol. The van der Waals surface area contributed by atoms with Gasteiger partial charge in [0.05, 0.1) is 12.5 Å². The number of hydrogen-bond acceptors (Lipinski definition) is 6. The first-order valence-electron chi connectivity index (χ1n) is 9.75. The van der Waals surface area contributed by atoms with Gasteiger partial charge in [-0.25, -0.2) is 14.5 Å². The van der Waals surface area contributed by atoms with Crippen LogP contribution in [0.5, 0.6) is 5.75 Å². The van der Waals surface area contributed by atoms with Gasteiger partial charge in [-0.15, -0.1) is 16.4 Å². The Kier molecular flexibility index (Phi) is 4.49. The van der Waals surface area contributed by atoms with E-state index < -0.39 is 0 Å². The van der Waals surface area contributed by atoms with E-state index in [4.69, 9.17) is 9.72 Å². The average Bonchev–Trinajstić information content (AvgIpc) is 3.28. The van der Waals surface area contributed by atoms with Crippen molar-refractivity contribution < 1.29 is 4.74 Å². The minimum absolute atomic E-state index is 0.698. The predicted molar refractivity (Wildman–Crippen MR) is 111 cm³/mol. The van der Waals surface area contributed by atoms with E-state index in [2.05, 4.69) is 34.0 Å². The second-order valence-electron chi connectivity index (χ2n) is 7.28. The molecule has 0 aliphatic carbocycles. The largest absolute Gasteiger partial charge is 0.497 e. The Morgan fingerprint density at radius 1 is 1.21 bits per heavy atom. The SMILES string of the molecule is CCCN1CCc2c(sc3ncn4nc(Cc5ccc(OC)cc5)nc4c23)C1. The second kappa shape index (κ2) is 7.14. The summed E-state index contributed by atoms with van der Waals surface area (Å²) in [7, 11) is 1.68. The van der Waals surface area contributed by atoms with Gasteiger partial charge in [-0.05, 0) is 42.6 Å². The molecule has 0 fully saturated rings. The van der Waals surface area contributed by atoms with E-state index in [0.29, 0.717) is 6.42 Å². The van der Waals surface area contributed by atoms with Gasteiger partial charge in [0.25, 0.3) is 0 Å². The Hall–Kier alpha value is -2.51. The van der Waals surface area contributed by atoms with Crippen molar-refractivity contribution in [1.29, 1.82) is 0 Å². The highest BCUT2D eigenvalue weighted by atomic mass is 32.1. The summed E-state index contributed by atoms with van der Waals surface area (Å²) in [5.74, 6) is 1.68. The van der Waals surface area contributed by atoms with Crippen molar-refractivity contribution in [2.24, 2.45) is 0 Å². The van der Waals surface area contributed by atoms with Crippen LogP contribution in [0.1, 0.15) is 35.2 Å². The van der Waals surface area contributed by atoms with Crippen molar-refractivity contribution in [2.45, 2.75) is 32.7 Å². The number of thiophene rings is 1. The molecule has 0 radical (unpaired) electrons. The third kappa shape index (κ3) is 3.04. The van der Waals surface area contributed by atoms with Crippen molar-refractivity contribution in [3.63, 3.8) is 0 Å². The molecule has 0 spiro atoms. The molecule has 0 N–H and O–H groups in total. The van der Waals surface area contributed by atoms with Gasteiger partial charge in [-0.3, -0.25) is 4.90 Å². The van der Waals surface area contributed by atoms with Crippen molar-refractivity contribution in [3.05, 3.63) is 52.4 Å². The molecule has 144 valence electrons. The van der Waals surface area contributed by atoms with E-state index in [9.17, 15) is 0 Å². The molecule has 7 heteroatoms. The van der Waals surface area contributed by atoms with E-state index in [1.54, 1.807) is 13.4 Å². The maximum absolute atomic E-state index is 5.24. The van der Waals surface area contributed by atoms with Crippen LogP contribution in [0.15, 0.2) is 30.6 Å². The Balaban J connectivity index is 1.51. The molecule has 28 heavy (non-hydrogen) atoms. The Bertz CT molecular complexity index is 1130. The van der Waals surface area contributed by atoms with Crippen LogP contribution < -0.4 is 4.74 Å². The lowest BCUT2D eigenvalue weighted by atomic mass is 10.1. The predicted octanol–water partition coefficient (Wildman–Crippen LogP) is 3.71. The topological polar surface area (TPSA) is 55.6 Å². The second-order valence-corrected chi connectivity index (χ2v) is 8.36. The van der Waals surface area contributed by atoms with Crippen LogP contribution in [-0.2, 0) is 19.4 Å². The van der Waals surface area contributed by atoms with Gasteiger partial charge in [-0.1, -0.05) is 19.1 Å². The first kappa shape index (κ1) is 17.6. The maximum atomic E-state index is 5.24. The van der Waals surface area contributed by atoms with Crippen LogP contribution in [-0.4, -0.2) is 44.7 Å². The van der Waals surface area contributed by atoms with Crippen LogP contribution in [0, 0.1) is 0 Å². The Labute approximate surface area is 167 Å². The summed E-state index contributed by atoms with van der Waals surface area (Å²) in [4.78, 5) is 14.6. The lowest BCUT2D eigenvalue weighted by molar-refractivity contribution is 0.258. The molecule has 4 aromatic rings. The van der Waals surface area contributed by atoms with Gasteiger partial charge >= 0.3 is 0 Å². The molecule has 0 bridgehead atoms. The third-order valence-corrected chi connectivity index (χ3v) is 6.49. The number of nitrogens with zero attached hydrogens (tertiary/aromatic N) is 5. The fraction of sp³-hybridized carbons (Fsp3) is 0.381. The summed E-state index contributed by atoms with van der Waals surface area (Å²) >= 11 is 1.81. The normalized spacial score (nSPS) is 14.6. The van der Waals surface area contributed by atoms with E-state index in [1.807, 2.05) is 28.0 Å². The summed E-state index contributed by atoms with van der Waals surface area (Å²) < 4.78 is 7.08. The summed E-state index contributed by atoms with van der Waals surface area (Å²) in [5, 5.41) is 5.88. The zero-order chi connectivity index (χ0) is 19.1. The van der Waals surface area contributed by atoms with Gasteiger partial charge in [0.1, 0.15) is 16.9 Å². The molecular formula is C21H23N5OS. The Morgan fingerprint density at radius 3 is 2.86 bits per heavy atom. The van der Waals surface area contributed by atoms with E-state index in [1.165, 1.54) is 27.8 Å². The Morgan fingerprint density at radius 2 is 2.07 bits per heavy atom. The smallest absolute Gasteiger partial charge is 0.167 e. The molecule has 0 unspecified atom stereocenters. The highest BCUT2D eigenvalue weighted by Crippen LogP contribution is 2.36. The van der Waals surface area contributed by atoms with E-state index in [-0.39, 0.29) is 0 Å². The number of fused-ring (bicyclic) bond motifs is 5. The summed E-state index contributed by atoms with van der Waals surface area (Å²) in [6.45, 7) is 5.54. The number of ether oxygens (including phenoxy) is 1. The number of aromatic nitrogens is 4. The monoisotopic (exact) mass is 393 g/mol. The number of methoxy groups -OCH3 is 1. The zero-order valence-corrected chi connectivity index (χ0v) is 17.0. The lowest BCUT2D eigenvalue weighted by Gasteiger charge is -2.26. The zero-order valence-electron chi connectivity index (χ0n) is 16.2. The van der Waals surface area contributed by atoms with E-state index in [0.717, 1.165) is 48.1 Å². The van der Waals surface area contributed by atoms with Crippen LogP contribution >= 0.6 is 11.3 Å². The van der Waals surface area contributed by atoms with Crippen molar-refractivity contribution in [1.82, 2.24) is 24.5 Å². The van der Waals surface area contributed by atoms with Crippen molar-refractivity contribution >= 4 is 27.2 Å². The molecule has 1 aliphatic heterocycles. The number of rotatable bonds is 5. The standard InChI is InChI=1S/C21H23N5OS/c1-3-9-25-10-8-16-17(12-25)28-21-19(16)20-23-18(24-26(20)13-22-21)11-14-4-6-15(27-2)7-5-14/h4-7,13H,3,8-12H2,1-2H3. The molecule has 5 rings (SSSR count). The van der Waals surface area contributed by atoms with Crippen LogP contribution in [0.2, 0.25) is 0 Å². The molecule has 0 saturated heterocycles.